The topological polar surface area (TPSA) is 85.1 Å². The van der Waals surface area contributed by atoms with E-state index < -0.39 is 0 Å². The lowest BCUT2D eigenvalue weighted by Gasteiger charge is -2.11. The first-order valence-electron chi connectivity index (χ1n) is 7.48. The second kappa shape index (κ2) is 6.56. The summed E-state index contributed by atoms with van der Waals surface area (Å²) in [6, 6.07) is 3.75. The lowest BCUT2D eigenvalue weighted by molar-refractivity contribution is -0.115. The summed E-state index contributed by atoms with van der Waals surface area (Å²) < 4.78 is 1.69. The van der Waals surface area contributed by atoms with E-state index in [0.717, 1.165) is 22.5 Å². The fraction of sp³-hybridized carbons (Fsp3) is 0.312. The summed E-state index contributed by atoms with van der Waals surface area (Å²) >= 11 is 1.46. The Balaban J connectivity index is 1.89. The highest BCUT2D eigenvalue weighted by Crippen LogP contribution is 2.18. The van der Waals surface area contributed by atoms with E-state index in [1.807, 2.05) is 39.2 Å². The number of nitrogens with zero attached hydrogens (tertiary/aromatic N) is 5. The summed E-state index contributed by atoms with van der Waals surface area (Å²) in [7, 11) is 0. The Morgan fingerprint density at radius 3 is 2.79 bits per heavy atom. The van der Waals surface area contributed by atoms with Crippen molar-refractivity contribution in [1.82, 2.24) is 24.6 Å². The number of carbonyl (C=O) groups excluding carboxylic acids is 1. The van der Waals surface area contributed by atoms with E-state index in [1.165, 1.54) is 11.8 Å². The van der Waals surface area contributed by atoms with Crippen LogP contribution in [-0.4, -0.2) is 36.7 Å². The summed E-state index contributed by atoms with van der Waals surface area (Å²) in [5, 5.41) is 7.91. The first-order chi connectivity index (χ1) is 11.5. The number of hydrogen-bond acceptors (Lipinski definition) is 6. The van der Waals surface area contributed by atoms with Gasteiger partial charge >= 0.3 is 0 Å². The number of hydrogen-bond donors (Lipinski definition) is 1. The molecule has 24 heavy (non-hydrogen) atoms. The quantitative estimate of drug-likeness (QED) is 0.733. The molecule has 1 amide bonds. The van der Waals surface area contributed by atoms with Crippen LogP contribution in [0.5, 0.6) is 0 Å². The van der Waals surface area contributed by atoms with E-state index in [0.29, 0.717) is 16.8 Å². The molecule has 0 aliphatic carbocycles. The zero-order valence-corrected chi connectivity index (χ0v) is 14.8. The Bertz CT molecular complexity index is 920. The molecule has 0 spiro atoms. The molecule has 0 unspecified atom stereocenters. The fourth-order valence-electron chi connectivity index (χ4n) is 2.49. The van der Waals surface area contributed by atoms with Gasteiger partial charge in [0, 0.05) is 23.1 Å². The van der Waals surface area contributed by atoms with Crippen molar-refractivity contribution in [2.45, 2.75) is 32.3 Å². The fourth-order valence-corrected chi connectivity index (χ4v) is 2.82. The largest absolute Gasteiger partial charge is 0.310 e. The van der Waals surface area contributed by atoms with E-state index >= 15 is 0 Å². The van der Waals surface area contributed by atoms with Gasteiger partial charge in [-0.15, -0.1) is 5.10 Å². The molecule has 8 heteroatoms. The molecular formula is C16H18N6OS. The van der Waals surface area contributed by atoms with Crippen LogP contribution in [0, 0.1) is 20.8 Å². The Morgan fingerprint density at radius 1 is 1.29 bits per heavy atom. The van der Waals surface area contributed by atoms with Crippen molar-refractivity contribution >= 4 is 29.3 Å². The maximum atomic E-state index is 12.4. The number of fused-ring (bicyclic) bond motifs is 1. The van der Waals surface area contributed by atoms with E-state index in [1.54, 1.807) is 10.7 Å². The van der Waals surface area contributed by atoms with Gasteiger partial charge in [0.1, 0.15) is 5.82 Å². The van der Waals surface area contributed by atoms with Crippen molar-refractivity contribution in [2.75, 3.05) is 11.6 Å². The number of rotatable bonds is 4. The minimum atomic E-state index is -0.130. The van der Waals surface area contributed by atoms with Gasteiger partial charge in [-0.25, -0.2) is 14.5 Å². The van der Waals surface area contributed by atoms with Crippen LogP contribution in [0.1, 0.15) is 22.5 Å². The van der Waals surface area contributed by atoms with Crippen molar-refractivity contribution in [3.05, 3.63) is 40.8 Å². The minimum Gasteiger partial charge on any atom is -0.310 e. The van der Waals surface area contributed by atoms with Crippen LogP contribution in [0.3, 0.4) is 0 Å². The maximum Gasteiger partial charge on any atom is 0.253 e. The predicted octanol–water partition coefficient (Wildman–Crippen LogP) is 2.35. The lowest BCUT2D eigenvalue weighted by Crippen LogP contribution is -2.19. The average Bonchev–Trinajstić information content (AvgIpc) is 2.97. The third-order valence-electron chi connectivity index (χ3n) is 3.82. The zero-order valence-electron chi connectivity index (χ0n) is 14.0. The molecule has 3 aromatic heterocycles. The number of carbonyl (C=O) groups is 1. The second-order valence-corrected chi connectivity index (χ2v) is 6.24. The molecular weight excluding hydrogens is 324 g/mol. The highest BCUT2D eigenvalue weighted by molar-refractivity contribution is 7.98. The number of aromatic nitrogens is 5. The summed E-state index contributed by atoms with van der Waals surface area (Å²) in [4.78, 5) is 25.4. The molecule has 0 fully saturated rings. The standard InChI is InChI=1S/C16H18N6OS/c1-9-6-5-7-17-14(9)19-13(23)8-12-10(2)18-15-20-16(24-4)21-22(15)11(12)3/h5-7H,8H2,1-4H3,(H,17,19,23). The van der Waals surface area contributed by atoms with Gasteiger partial charge in [0.15, 0.2) is 0 Å². The molecule has 0 aromatic carbocycles. The van der Waals surface area contributed by atoms with Crippen LogP contribution >= 0.6 is 11.8 Å². The van der Waals surface area contributed by atoms with Crippen molar-refractivity contribution < 1.29 is 4.79 Å². The molecule has 0 aliphatic heterocycles. The van der Waals surface area contributed by atoms with Gasteiger partial charge in [0.05, 0.1) is 6.42 Å². The normalized spacial score (nSPS) is 11.0. The lowest BCUT2D eigenvalue weighted by atomic mass is 10.1. The van der Waals surface area contributed by atoms with Crippen molar-refractivity contribution in [2.24, 2.45) is 0 Å². The Labute approximate surface area is 143 Å². The molecule has 0 radical (unpaired) electrons. The van der Waals surface area contributed by atoms with Gasteiger partial charge in [0.2, 0.25) is 11.1 Å². The second-order valence-electron chi connectivity index (χ2n) is 5.47. The molecule has 124 valence electrons. The highest BCUT2D eigenvalue weighted by atomic mass is 32.2. The molecule has 3 heterocycles. The zero-order chi connectivity index (χ0) is 17.3. The average molecular weight is 342 g/mol. The molecule has 0 atom stereocenters. The first-order valence-corrected chi connectivity index (χ1v) is 8.70. The third kappa shape index (κ3) is 3.09. The molecule has 3 aromatic rings. The monoisotopic (exact) mass is 342 g/mol. The van der Waals surface area contributed by atoms with Gasteiger partial charge in [-0.2, -0.15) is 4.98 Å². The SMILES string of the molecule is CSc1nc2nc(C)c(CC(=O)Nc3ncccc3C)c(C)n2n1. The molecule has 3 rings (SSSR count). The van der Waals surface area contributed by atoms with Crippen LogP contribution in [0.15, 0.2) is 23.5 Å². The summed E-state index contributed by atoms with van der Waals surface area (Å²) in [5.74, 6) is 1.01. The van der Waals surface area contributed by atoms with Crippen LogP contribution in [0.2, 0.25) is 0 Å². The molecule has 7 nitrogen and oxygen atoms in total. The third-order valence-corrected chi connectivity index (χ3v) is 4.35. The van der Waals surface area contributed by atoms with Crippen LogP contribution in [-0.2, 0) is 11.2 Å². The van der Waals surface area contributed by atoms with Crippen LogP contribution in [0.25, 0.3) is 5.78 Å². The number of anilines is 1. The van der Waals surface area contributed by atoms with Crippen LogP contribution in [0.4, 0.5) is 5.82 Å². The number of aryl methyl sites for hydroxylation is 3. The van der Waals surface area contributed by atoms with Crippen LogP contribution < -0.4 is 5.32 Å². The molecule has 0 saturated heterocycles. The Hall–Kier alpha value is -2.48. The molecule has 0 aliphatic rings. The molecule has 1 N–H and O–H groups in total. The van der Waals surface area contributed by atoms with E-state index in [9.17, 15) is 4.79 Å². The van der Waals surface area contributed by atoms with Gasteiger partial charge in [-0.05, 0) is 38.7 Å². The number of nitrogens with one attached hydrogen (secondary N) is 1. The highest BCUT2D eigenvalue weighted by Gasteiger charge is 2.16. The van der Waals surface area contributed by atoms with E-state index in [2.05, 4.69) is 25.4 Å². The summed E-state index contributed by atoms with van der Waals surface area (Å²) in [5.41, 5.74) is 3.44. The minimum absolute atomic E-state index is 0.130. The van der Waals surface area contributed by atoms with E-state index in [-0.39, 0.29) is 12.3 Å². The number of amides is 1. The summed E-state index contributed by atoms with van der Waals surface area (Å²) in [6.45, 7) is 5.72. The number of thioether (sulfide) groups is 1. The smallest absolute Gasteiger partial charge is 0.253 e. The Kier molecular flexibility index (Phi) is 4.48. The predicted molar refractivity (Wildman–Crippen MR) is 93.3 cm³/mol. The first kappa shape index (κ1) is 16.4. The van der Waals surface area contributed by atoms with Crippen molar-refractivity contribution in [3.63, 3.8) is 0 Å². The van der Waals surface area contributed by atoms with E-state index in [4.69, 9.17) is 0 Å². The van der Waals surface area contributed by atoms with Crippen molar-refractivity contribution in [1.29, 1.82) is 0 Å². The van der Waals surface area contributed by atoms with Gasteiger partial charge in [-0.1, -0.05) is 17.8 Å². The summed E-state index contributed by atoms with van der Waals surface area (Å²) in [6.07, 6.45) is 3.79. The maximum absolute atomic E-state index is 12.4. The van der Waals surface area contributed by atoms with Gasteiger partial charge < -0.3 is 5.32 Å². The molecule has 0 bridgehead atoms. The van der Waals surface area contributed by atoms with Gasteiger partial charge in [0.25, 0.3) is 5.78 Å². The Morgan fingerprint density at radius 2 is 2.08 bits per heavy atom. The van der Waals surface area contributed by atoms with Crippen molar-refractivity contribution in [3.8, 4) is 0 Å². The number of pyridine rings is 1. The van der Waals surface area contributed by atoms with Gasteiger partial charge in [-0.3, -0.25) is 4.79 Å². The molecule has 0 saturated carbocycles.